The van der Waals surface area contributed by atoms with Gasteiger partial charge in [-0.2, -0.15) is 0 Å². The highest BCUT2D eigenvalue weighted by molar-refractivity contribution is 5.04. The number of likely N-dealkylation sites (tertiary alicyclic amines) is 1. The summed E-state index contributed by atoms with van der Waals surface area (Å²) < 4.78 is 5.16. The number of nitrogens with two attached hydrogens (primary N) is 1. The van der Waals surface area contributed by atoms with Gasteiger partial charge in [0, 0.05) is 19.1 Å². The zero-order valence-electron chi connectivity index (χ0n) is 8.57. The fraction of sp³-hybridized carbons (Fsp3) is 0.700. The third kappa shape index (κ3) is 2.13. The van der Waals surface area contributed by atoms with Gasteiger partial charge < -0.3 is 10.2 Å². The Balaban J connectivity index is 1.94. The van der Waals surface area contributed by atoms with E-state index < -0.39 is 0 Å². The molecule has 0 radical (unpaired) electrons. The lowest BCUT2D eigenvalue weighted by molar-refractivity contribution is 0.199. The van der Waals surface area contributed by atoms with Crippen LogP contribution in [-0.2, 0) is 6.54 Å². The minimum Gasteiger partial charge on any atom is -0.448 e. The van der Waals surface area contributed by atoms with Gasteiger partial charge in [0.05, 0.1) is 5.69 Å². The van der Waals surface area contributed by atoms with E-state index in [4.69, 9.17) is 10.2 Å². The Morgan fingerprint density at radius 2 is 2.57 bits per heavy atom. The van der Waals surface area contributed by atoms with Crippen LogP contribution in [0.15, 0.2) is 10.8 Å². The highest BCUT2D eigenvalue weighted by atomic mass is 16.3. The van der Waals surface area contributed by atoms with Crippen molar-refractivity contribution in [3.8, 4) is 0 Å². The van der Waals surface area contributed by atoms with Crippen molar-refractivity contribution in [1.82, 2.24) is 9.88 Å². The van der Waals surface area contributed by atoms with Crippen molar-refractivity contribution >= 4 is 0 Å². The second kappa shape index (κ2) is 4.11. The van der Waals surface area contributed by atoms with E-state index in [1.54, 1.807) is 0 Å². The molecule has 1 aromatic rings. The molecule has 1 saturated heterocycles. The van der Waals surface area contributed by atoms with Crippen molar-refractivity contribution < 1.29 is 4.42 Å². The Bertz CT molecular complexity index is 297. The van der Waals surface area contributed by atoms with Crippen molar-refractivity contribution in [3.05, 3.63) is 17.8 Å². The molecule has 2 heterocycles. The normalized spacial score (nSPS) is 24.0. The Labute approximate surface area is 84.1 Å². The zero-order valence-corrected chi connectivity index (χ0v) is 8.57. The Kier molecular flexibility index (Phi) is 2.84. The molecule has 0 aliphatic carbocycles. The van der Waals surface area contributed by atoms with Crippen LogP contribution in [0.5, 0.6) is 0 Å². The quantitative estimate of drug-likeness (QED) is 0.762. The van der Waals surface area contributed by atoms with E-state index in [0.29, 0.717) is 6.04 Å². The number of aromatic nitrogens is 1. The molecule has 0 saturated carbocycles. The molecule has 78 valence electrons. The Morgan fingerprint density at radius 1 is 1.71 bits per heavy atom. The van der Waals surface area contributed by atoms with Crippen molar-refractivity contribution in [1.29, 1.82) is 0 Å². The minimum atomic E-state index is 0.330. The first-order chi connectivity index (χ1) is 6.75. The van der Waals surface area contributed by atoms with E-state index in [1.165, 1.54) is 12.8 Å². The summed E-state index contributed by atoms with van der Waals surface area (Å²) in [4.78, 5) is 6.53. The monoisotopic (exact) mass is 195 g/mol. The SMILES string of the molecule is Cc1ocnc1CN1CCCC(N)C1. The summed E-state index contributed by atoms with van der Waals surface area (Å²) in [5.74, 6) is 0.921. The standard InChI is InChI=1S/C10H17N3O/c1-8-10(12-7-14-8)6-13-4-2-3-9(11)5-13/h7,9H,2-6,11H2,1H3. The van der Waals surface area contributed by atoms with Gasteiger partial charge in [0.25, 0.3) is 0 Å². The number of hydrogen-bond donors (Lipinski definition) is 1. The van der Waals surface area contributed by atoms with Crippen molar-refractivity contribution in [2.75, 3.05) is 13.1 Å². The van der Waals surface area contributed by atoms with Gasteiger partial charge in [-0.05, 0) is 26.3 Å². The first-order valence-corrected chi connectivity index (χ1v) is 5.12. The molecule has 4 heteroatoms. The third-order valence-corrected chi connectivity index (χ3v) is 2.76. The number of oxazole rings is 1. The lowest BCUT2D eigenvalue weighted by Crippen LogP contribution is -2.42. The molecule has 0 amide bonds. The highest BCUT2D eigenvalue weighted by Gasteiger charge is 2.18. The topological polar surface area (TPSA) is 55.3 Å². The smallest absolute Gasteiger partial charge is 0.181 e. The maximum Gasteiger partial charge on any atom is 0.181 e. The molecular formula is C10H17N3O. The molecule has 14 heavy (non-hydrogen) atoms. The van der Waals surface area contributed by atoms with Crippen LogP contribution in [0.1, 0.15) is 24.3 Å². The predicted molar refractivity (Wildman–Crippen MR) is 53.7 cm³/mol. The van der Waals surface area contributed by atoms with E-state index in [2.05, 4.69) is 9.88 Å². The van der Waals surface area contributed by atoms with E-state index in [-0.39, 0.29) is 0 Å². The van der Waals surface area contributed by atoms with Gasteiger partial charge in [0.2, 0.25) is 0 Å². The molecule has 0 bridgehead atoms. The van der Waals surface area contributed by atoms with Crippen LogP contribution in [0.4, 0.5) is 0 Å². The molecule has 2 N–H and O–H groups in total. The van der Waals surface area contributed by atoms with Gasteiger partial charge >= 0.3 is 0 Å². The van der Waals surface area contributed by atoms with Crippen LogP contribution in [0.3, 0.4) is 0 Å². The van der Waals surface area contributed by atoms with Gasteiger partial charge in [-0.25, -0.2) is 4.98 Å². The molecule has 0 spiro atoms. The fourth-order valence-electron chi connectivity index (χ4n) is 1.93. The second-order valence-corrected chi connectivity index (χ2v) is 3.99. The Morgan fingerprint density at radius 3 is 3.21 bits per heavy atom. The zero-order chi connectivity index (χ0) is 9.97. The average molecular weight is 195 g/mol. The Hall–Kier alpha value is -0.870. The van der Waals surface area contributed by atoms with Crippen LogP contribution in [0.25, 0.3) is 0 Å². The summed E-state index contributed by atoms with van der Waals surface area (Å²) in [5, 5.41) is 0. The maximum atomic E-state index is 5.91. The molecule has 0 aromatic carbocycles. The van der Waals surface area contributed by atoms with Gasteiger partial charge in [0.1, 0.15) is 5.76 Å². The molecule has 1 aliphatic rings. The molecule has 1 atom stereocenters. The summed E-state index contributed by atoms with van der Waals surface area (Å²) in [7, 11) is 0. The largest absolute Gasteiger partial charge is 0.448 e. The number of nitrogens with zero attached hydrogens (tertiary/aromatic N) is 2. The summed E-state index contributed by atoms with van der Waals surface area (Å²) in [5.41, 5.74) is 6.95. The fourth-order valence-corrected chi connectivity index (χ4v) is 1.93. The third-order valence-electron chi connectivity index (χ3n) is 2.76. The molecule has 1 unspecified atom stereocenters. The van der Waals surface area contributed by atoms with Crippen LogP contribution in [0, 0.1) is 6.92 Å². The predicted octanol–water partition coefficient (Wildman–Crippen LogP) is 0.906. The molecule has 2 rings (SSSR count). The maximum absolute atomic E-state index is 5.91. The first-order valence-electron chi connectivity index (χ1n) is 5.12. The summed E-state index contributed by atoms with van der Waals surface area (Å²) in [6.45, 7) is 4.93. The molecule has 4 nitrogen and oxygen atoms in total. The van der Waals surface area contributed by atoms with Crippen LogP contribution < -0.4 is 5.73 Å². The first kappa shape index (κ1) is 9.68. The minimum absolute atomic E-state index is 0.330. The molecular weight excluding hydrogens is 178 g/mol. The van der Waals surface area contributed by atoms with Crippen molar-refractivity contribution in [2.45, 2.75) is 32.4 Å². The summed E-state index contributed by atoms with van der Waals surface area (Å²) >= 11 is 0. The molecule has 1 fully saturated rings. The van der Waals surface area contributed by atoms with Gasteiger partial charge in [-0.3, -0.25) is 4.90 Å². The number of piperidine rings is 1. The van der Waals surface area contributed by atoms with Crippen molar-refractivity contribution in [2.24, 2.45) is 5.73 Å². The average Bonchev–Trinajstić information content (AvgIpc) is 2.52. The second-order valence-electron chi connectivity index (χ2n) is 3.99. The highest BCUT2D eigenvalue weighted by Crippen LogP contribution is 2.13. The number of rotatable bonds is 2. The number of aryl methyl sites for hydroxylation is 1. The van der Waals surface area contributed by atoms with Crippen LogP contribution >= 0.6 is 0 Å². The summed E-state index contributed by atoms with van der Waals surface area (Å²) in [6, 6.07) is 0.330. The van der Waals surface area contributed by atoms with Gasteiger partial charge in [0.15, 0.2) is 6.39 Å². The van der Waals surface area contributed by atoms with Crippen LogP contribution in [0.2, 0.25) is 0 Å². The van der Waals surface area contributed by atoms with E-state index in [0.717, 1.165) is 37.5 Å². The van der Waals surface area contributed by atoms with Crippen molar-refractivity contribution in [3.63, 3.8) is 0 Å². The van der Waals surface area contributed by atoms with E-state index in [9.17, 15) is 0 Å². The number of hydrogen-bond acceptors (Lipinski definition) is 4. The van der Waals surface area contributed by atoms with Gasteiger partial charge in [-0.1, -0.05) is 0 Å². The lowest BCUT2D eigenvalue weighted by atomic mass is 10.1. The van der Waals surface area contributed by atoms with E-state index in [1.807, 2.05) is 6.92 Å². The van der Waals surface area contributed by atoms with Gasteiger partial charge in [-0.15, -0.1) is 0 Å². The molecule has 1 aromatic heterocycles. The molecule has 1 aliphatic heterocycles. The summed E-state index contributed by atoms with van der Waals surface area (Å²) in [6.07, 6.45) is 3.85. The van der Waals surface area contributed by atoms with E-state index >= 15 is 0 Å². The lowest BCUT2D eigenvalue weighted by Gasteiger charge is -2.29. The van der Waals surface area contributed by atoms with Crippen LogP contribution in [-0.4, -0.2) is 29.0 Å².